The Labute approximate surface area is 213 Å². The van der Waals surface area contributed by atoms with Crippen LogP contribution in [-0.4, -0.2) is 18.7 Å². The molecule has 0 spiro atoms. The summed E-state index contributed by atoms with van der Waals surface area (Å²) in [4.78, 5) is 46.1. The van der Waals surface area contributed by atoms with Crippen LogP contribution in [0, 0.1) is 0 Å². The number of rotatable bonds is 2. The van der Waals surface area contributed by atoms with Crippen LogP contribution in [0.15, 0.2) is 93.2 Å². The van der Waals surface area contributed by atoms with Crippen molar-refractivity contribution >= 4 is 56.0 Å². The van der Waals surface area contributed by atoms with Crippen molar-refractivity contribution in [1.82, 2.24) is 18.7 Å². The number of halogens is 2. The summed E-state index contributed by atoms with van der Waals surface area (Å²) in [7, 11) is 1.53. The molecule has 176 valence electrons. The molecule has 3 heterocycles. The SMILES string of the molecule is Cn1c(=O)c2cc3c(Cl)cc(Cl)cc3nc2c2c(=O)n(-c3ccccc3)c(=O)n(-c3ccccc3)c21. The van der Waals surface area contributed by atoms with Gasteiger partial charge in [0.05, 0.1) is 32.8 Å². The number of hydrogen-bond acceptors (Lipinski definition) is 4. The average Bonchev–Trinajstić information content (AvgIpc) is 2.87. The number of pyridine rings is 2. The van der Waals surface area contributed by atoms with Gasteiger partial charge in [-0.15, -0.1) is 0 Å². The molecule has 3 aromatic heterocycles. The minimum atomic E-state index is -0.605. The highest BCUT2D eigenvalue weighted by molar-refractivity contribution is 6.38. The Kier molecular flexibility index (Phi) is 5.07. The molecule has 6 rings (SSSR count). The van der Waals surface area contributed by atoms with E-state index in [0.29, 0.717) is 32.3 Å². The second kappa shape index (κ2) is 8.19. The molecule has 0 N–H and O–H groups in total. The van der Waals surface area contributed by atoms with Gasteiger partial charge < -0.3 is 0 Å². The first-order valence-corrected chi connectivity index (χ1v) is 11.7. The topological polar surface area (TPSA) is 78.9 Å². The summed E-state index contributed by atoms with van der Waals surface area (Å²) in [6.45, 7) is 0. The number of aryl methyl sites for hydroxylation is 1. The number of hydrogen-bond donors (Lipinski definition) is 0. The van der Waals surface area contributed by atoms with Gasteiger partial charge in [0.2, 0.25) is 0 Å². The van der Waals surface area contributed by atoms with Crippen molar-refractivity contribution in [2.24, 2.45) is 7.05 Å². The molecule has 0 amide bonds. The predicted molar refractivity (Wildman–Crippen MR) is 143 cm³/mol. The van der Waals surface area contributed by atoms with Crippen LogP contribution < -0.4 is 16.8 Å². The number of nitrogens with zero attached hydrogens (tertiary/aromatic N) is 4. The van der Waals surface area contributed by atoms with Crippen molar-refractivity contribution in [2.75, 3.05) is 0 Å². The lowest BCUT2D eigenvalue weighted by atomic mass is 10.1. The third-order valence-electron chi connectivity index (χ3n) is 6.20. The molecule has 0 radical (unpaired) electrons. The maximum atomic E-state index is 14.0. The summed E-state index contributed by atoms with van der Waals surface area (Å²) in [5.74, 6) is 0. The highest BCUT2D eigenvalue weighted by atomic mass is 35.5. The molecule has 0 fully saturated rings. The summed E-state index contributed by atoms with van der Waals surface area (Å²) < 4.78 is 3.76. The first kappa shape index (κ1) is 22.3. The molecule has 9 heteroatoms. The fraction of sp³-hybridized carbons (Fsp3) is 0.0370. The molecule has 0 aliphatic heterocycles. The Morgan fingerprint density at radius 1 is 0.722 bits per heavy atom. The van der Waals surface area contributed by atoms with Crippen molar-refractivity contribution in [3.8, 4) is 11.4 Å². The van der Waals surface area contributed by atoms with Crippen LogP contribution in [-0.2, 0) is 7.05 Å². The summed E-state index contributed by atoms with van der Waals surface area (Å²) in [6.07, 6.45) is 0. The maximum Gasteiger partial charge on any atom is 0.341 e. The Hall–Kier alpha value is -4.20. The number of aromatic nitrogens is 4. The molecule has 7 nitrogen and oxygen atoms in total. The van der Waals surface area contributed by atoms with Crippen molar-refractivity contribution in [3.63, 3.8) is 0 Å². The Morgan fingerprint density at radius 3 is 1.97 bits per heavy atom. The second-order valence-corrected chi connectivity index (χ2v) is 9.17. The van der Waals surface area contributed by atoms with E-state index in [4.69, 9.17) is 23.2 Å². The molecule has 0 atom stereocenters. The summed E-state index contributed by atoms with van der Waals surface area (Å²) in [5.41, 5.74) is 0.0159. The number of para-hydroxylation sites is 2. The molecular weight excluding hydrogens is 499 g/mol. The molecule has 36 heavy (non-hydrogen) atoms. The normalized spacial score (nSPS) is 11.5. The van der Waals surface area contributed by atoms with E-state index in [0.717, 1.165) is 4.57 Å². The van der Waals surface area contributed by atoms with Crippen LogP contribution in [0.4, 0.5) is 0 Å². The smallest absolute Gasteiger partial charge is 0.296 e. The summed E-state index contributed by atoms with van der Waals surface area (Å²) in [6, 6.07) is 22.3. The third kappa shape index (κ3) is 3.21. The van der Waals surface area contributed by atoms with Gasteiger partial charge >= 0.3 is 5.69 Å². The minimum Gasteiger partial charge on any atom is -0.296 e. The number of benzene rings is 3. The summed E-state index contributed by atoms with van der Waals surface area (Å²) in [5, 5.41) is 1.57. The number of fused-ring (bicyclic) bond motifs is 4. The molecule has 3 aromatic carbocycles. The first-order chi connectivity index (χ1) is 17.4. The van der Waals surface area contributed by atoms with Gasteiger partial charge in [-0.2, -0.15) is 0 Å². The quantitative estimate of drug-likeness (QED) is 0.244. The van der Waals surface area contributed by atoms with Crippen molar-refractivity contribution in [1.29, 1.82) is 0 Å². The van der Waals surface area contributed by atoms with Gasteiger partial charge in [0.25, 0.3) is 11.1 Å². The van der Waals surface area contributed by atoms with Crippen LogP contribution in [0.1, 0.15) is 0 Å². The van der Waals surface area contributed by atoms with E-state index < -0.39 is 16.8 Å². The zero-order valence-electron chi connectivity index (χ0n) is 18.8. The standard InChI is InChI=1S/C27H16Cl2N4O3/c1-31-24-22(23-19(25(31)34)14-18-20(29)12-15(28)13-21(18)30-23)26(35)33(17-10-6-3-7-11-17)27(36)32(24)16-8-4-2-5-9-16/h2-14H,1H3. The molecule has 0 saturated carbocycles. The fourth-order valence-electron chi connectivity index (χ4n) is 4.57. The van der Waals surface area contributed by atoms with Gasteiger partial charge in [-0.05, 0) is 42.5 Å². The fourth-order valence-corrected chi connectivity index (χ4v) is 5.10. The van der Waals surface area contributed by atoms with Gasteiger partial charge in [-0.1, -0.05) is 59.6 Å². The summed E-state index contributed by atoms with van der Waals surface area (Å²) >= 11 is 12.6. The van der Waals surface area contributed by atoms with Crippen molar-refractivity contribution in [2.45, 2.75) is 0 Å². The Bertz CT molecular complexity index is 2030. The highest BCUT2D eigenvalue weighted by Gasteiger charge is 2.23. The molecule has 6 aromatic rings. The maximum absolute atomic E-state index is 14.0. The van der Waals surface area contributed by atoms with Crippen molar-refractivity contribution in [3.05, 3.63) is 120 Å². The lowest BCUT2D eigenvalue weighted by Gasteiger charge is -2.18. The molecule has 0 aliphatic carbocycles. The largest absolute Gasteiger partial charge is 0.341 e. The lowest BCUT2D eigenvalue weighted by molar-refractivity contribution is 0.787. The molecule has 0 unspecified atom stereocenters. The molecule has 0 bridgehead atoms. The predicted octanol–water partition coefficient (Wildman–Crippen LogP) is 4.85. The van der Waals surface area contributed by atoms with E-state index in [-0.39, 0.29) is 21.9 Å². The monoisotopic (exact) mass is 514 g/mol. The first-order valence-electron chi connectivity index (χ1n) is 11.0. The Morgan fingerprint density at radius 2 is 1.33 bits per heavy atom. The van der Waals surface area contributed by atoms with E-state index in [1.54, 1.807) is 72.8 Å². The molecular formula is C27H16Cl2N4O3. The third-order valence-corrected chi connectivity index (χ3v) is 6.73. The van der Waals surface area contributed by atoms with E-state index in [2.05, 4.69) is 4.98 Å². The van der Waals surface area contributed by atoms with Crippen molar-refractivity contribution < 1.29 is 0 Å². The lowest BCUT2D eigenvalue weighted by Crippen LogP contribution is -2.40. The molecule has 0 saturated heterocycles. The van der Waals surface area contributed by atoms with Gasteiger partial charge in [0.15, 0.2) is 0 Å². The highest BCUT2D eigenvalue weighted by Crippen LogP contribution is 2.30. The van der Waals surface area contributed by atoms with Gasteiger partial charge in [0.1, 0.15) is 11.0 Å². The van der Waals surface area contributed by atoms with E-state index in [1.165, 1.54) is 16.2 Å². The van der Waals surface area contributed by atoms with Crippen LogP contribution >= 0.6 is 23.2 Å². The zero-order chi connectivity index (χ0) is 25.1. The van der Waals surface area contributed by atoms with Crippen LogP contribution in [0.2, 0.25) is 10.0 Å². The minimum absolute atomic E-state index is 0.123. The average molecular weight is 515 g/mol. The van der Waals surface area contributed by atoms with E-state index in [1.807, 2.05) is 6.07 Å². The molecule has 0 aliphatic rings. The van der Waals surface area contributed by atoms with Gasteiger partial charge in [0, 0.05) is 17.5 Å². The van der Waals surface area contributed by atoms with Crippen LogP contribution in [0.25, 0.3) is 44.2 Å². The Balaban J connectivity index is 1.95. The second-order valence-electron chi connectivity index (χ2n) is 8.33. The van der Waals surface area contributed by atoms with Gasteiger partial charge in [-0.25, -0.2) is 18.9 Å². The van der Waals surface area contributed by atoms with E-state index in [9.17, 15) is 14.4 Å². The van der Waals surface area contributed by atoms with Gasteiger partial charge in [-0.3, -0.25) is 14.2 Å². The van der Waals surface area contributed by atoms with Crippen LogP contribution in [0.5, 0.6) is 0 Å². The van der Waals surface area contributed by atoms with Crippen LogP contribution in [0.3, 0.4) is 0 Å². The van der Waals surface area contributed by atoms with E-state index >= 15 is 0 Å². The zero-order valence-corrected chi connectivity index (χ0v) is 20.3.